The van der Waals surface area contributed by atoms with Crippen LogP contribution in [0.15, 0.2) is 29.3 Å². The number of anilines is 1. The molecule has 0 spiro atoms. The number of aliphatic hydroxyl groups is 3. The van der Waals surface area contributed by atoms with E-state index in [-0.39, 0.29) is 4.90 Å². The molecular formula is C12H17N3O5S. The van der Waals surface area contributed by atoms with Crippen LogP contribution in [0.5, 0.6) is 0 Å². The number of aliphatic hydroxyl groups excluding tert-OH is 3. The van der Waals surface area contributed by atoms with Gasteiger partial charge in [-0.15, -0.1) is 0 Å². The molecule has 0 aliphatic carbocycles. The molecule has 116 valence electrons. The number of nitrogens with two attached hydrogens (primary N) is 1. The number of H-pyrrole nitrogens is 1. The van der Waals surface area contributed by atoms with Gasteiger partial charge in [0.2, 0.25) is 10.0 Å². The fraction of sp³-hybridized carbons (Fsp3) is 0.333. The summed E-state index contributed by atoms with van der Waals surface area (Å²) < 4.78 is 26.9. The highest BCUT2D eigenvalue weighted by Gasteiger charge is 2.34. The van der Waals surface area contributed by atoms with Gasteiger partial charge in [0.05, 0.1) is 19.8 Å². The molecule has 0 amide bonds. The van der Waals surface area contributed by atoms with Crippen molar-refractivity contribution < 1.29 is 23.7 Å². The lowest BCUT2D eigenvalue weighted by molar-refractivity contribution is 0.0582. The zero-order valence-electron chi connectivity index (χ0n) is 11.1. The number of hydrogen-bond acceptors (Lipinski definition) is 6. The number of rotatable bonds is 6. The highest BCUT2D eigenvalue weighted by molar-refractivity contribution is 7.89. The van der Waals surface area contributed by atoms with E-state index in [2.05, 4.69) is 9.71 Å². The molecule has 8 nitrogen and oxygen atoms in total. The zero-order valence-corrected chi connectivity index (χ0v) is 11.9. The fourth-order valence-electron chi connectivity index (χ4n) is 1.92. The predicted molar refractivity (Wildman–Crippen MR) is 77.0 cm³/mol. The Morgan fingerprint density at radius 1 is 1.19 bits per heavy atom. The van der Waals surface area contributed by atoms with Gasteiger partial charge in [0.1, 0.15) is 10.4 Å². The van der Waals surface area contributed by atoms with Crippen molar-refractivity contribution in [2.24, 2.45) is 0 Å². The summed E-state index contributed by atoms with van der Waals surface area (Å²) in [7, 11) is -4.07. The van der Waals surface area contributed by atoms with Gasteiger partial charge in [-0.3, -0.25) is 0 Å². The molecule has 0 aliphatic rings. The Hall–Kier alpha value is -1.65. The van der Waals surface area contributed by atoms with E-state index in [4.69, 9.17) is 5.73 Å². The van der Waals surface area contributed by atoms with Gasteiger partial charge in [0, 0.05) is 22.8 Å². The summed E-state index contributed by atoms with van der Waals surface area (Å²) in [5.74, 6) is 0. The van der Waals surface area contributed by atoms with Gasteiger partial charge in [0.15, 0.2) is 0 Å². The Bertz CT molecular complexity index is 728. The Morgan fingerprint density at radius 3 is 2.38 bits per heavy atom. The van der Waals surface area contributed by atoms with Crippen LogP contribution >= 0.6 is 0 Å². The third-order valence-electron chi connectivity index (χ3n) is 3.22. The topological polar surface area (TPSA) is 149 Å². The van der Waals surface area contributed by atoms with Crippen LogP contribution in [-0.4, -0.2) is 54.1 Å². The fourth-order valence-corrected chi connectivity index (χ4v) is 3.47. The van der Waals surface area contributed by atoms with E-state index in [0.29, 0.717) is 16.6 Å². The van der Waals surface area contributed by atoms with Crippen LogP contribution in [0.1, 0.15) is 0 Å². The molecule has 0 fully saturated rings. The number of fused-ring (bicyclic) bond motifs is 1. The Balaban J connectivity index is 2.49. The largest absolute Gasteiger partial charge is 0.399 e. The van der Waals surface area contributed by atoms with Crippen molar-refractivity contribution in [3.05, 3.63) is 24.4 Å². The Morgan fingerprint density at radius 2 is 1.81 bits per heavy atom. The second-order valence-corrected chi connectivity index (χ2v) is 6.47. The average molecular weight is 315 g/mol. The van der Waals surface area contributed by atoms with Crippen molar-refractivity contribution in [3.63, 3.8) is 0 Å². The first-order valence-corrected chi connectivity index (χ1v) is 7.59. The van der Waals surface area contributed by atoms with Gasteiger partial charge in [-0.05, 0) is 18.2 Å². The first-order chi connectivity index (χ1) is 9.87. The molecule has 0 aliphatic heterocycles. The summed E-state index contributed by atoms with van der Waals surface area (Å²) in [4.78, 5) is 2.72. The van der Waals surface area contributed by atoms with Crippen LogP contribution in [0.25, 0.3) is 10.9 Å². The number of sulfonamides is 1. The molecule has 0 unspecified atom stereocenters. The smallest absolute Gasteiger partial charge is 0.243 e. The molecule has 0 saturated carbocycles. The normalized spacial score (nSPS) is 12.9. The molecular weight excluding hydrogens is 298 g/mol. The molecule has 2 rings (SSSR count). The molecule has 1 aromatic carbocycles. The van der Waals surface area contributed by atoms with E-state index < -0.39 is 35.4 Å². The summed E-state index contributed by atoms with van der Waals surface area (Å²) in [6, 6.07) is 4.77. The van der Waals surface area contributed by atoms with Crippen LogP contribution in [0.2, 0.25) is 0 Å². The minimum Gasteiger partial charge on any atom is -0.399 e. The lowest BCUT2D eigenvalue weighted by atomic mass is 10.1. The van der Waals surface area contributed by atoms with Crippen molar-refractivity contribution in [2.45, 2.75) is 10.4 Å². The van der Waals surface area contributed by atoms with E-state index in [0.717, 1.165) is 0 Å². The second kappa shape index (κ2) is 5.62. The van der Waals surface area contributed by atoms with Crippen molar-refractivity contribution in [1.29, 1.82) is 0 Å². The zero-order chi connectivity index (χ0) is 15.7. The molecule has 0 saturated heterocycles. The molecule has 0 atom stereocenters. The maximum atomic E-state index is 12.4. The van der Waals surface area contributed by atoms with E-state index in [9.17, 15) is 23.7 Å². The van der Waals surface area contributed by atoms with Crippen LogP contribution in [0.3, 0.4) is 0 Å². The lowest BCUT2D eigenvalue weighted by Gasteiger charge is -2.28. The highest BCUT2D eigenvalue weighted by atomic mass is 32.2. The number of nitrogens with one attached hydrogen (secondary N) is 2. The van der Waals surface area contributed by atoms with Gasteiger partial charge < -0.3 is 26.0 Å². The summed E-state index contributed by atoms with van der Waals surface area (Å²) in [5.41, 5.74) is 4.89. The summed E-state index contributed by atoms with van der Waals surface area (Å²) in [6.07, 6.45) is 1.28. The number of aromatic nitrogens is 1. The van der Waals surface area contributed by atoms with Gasteiger partial charge in [-0.25, -0.2) is 8.42 Å². The Labute approximate surface area is 121 Å². The predicted octanol–water partition coefficient (Wildman–Crippen LogP) is -1.26. The number of hydrogen-bond donors (Lipinski definition) is 6. The number of benzene rings is 1. The van der Waals surface area contributed by atoms with Gasteiger partial charge in [-0.1, -0.05) is 0 Å². The van der Waals surface area contributed by atoms with E-state index in [1.807, 2.05) is 0 Å². The van der Waals surface area contributed by atoms with Crippen LogP contribution in [0, 0.1) is 0 Å². The number of aromatic amines is 1. The maximum absolute atomic E-state index is 12.4. The van der Waals surface area contributed by atoms with E-state index in [1.54, 1.807) is 12.1 Å². The van der Waals surface area contributed by atoms with Crippen LogP contribution < -0.4 is 10.5 Å². The summed E-state index contributed by atoms with van der Waals surface area (Å²) in [5, 5.41) is 28.0. The van der Waals surface area contributed by atoms with Gasteiger partial charge in [0.25, 0.3) is 0 Å². The molecule has 7 N–H and O–H groups in total. The second-order valence-electron chi connectivity index (χ2n) is 4.82. The molecule has 1 heterocycles. The highest BCUT2D eigenvalue weighted by Crippen LogP contribution is 2.25. The third-order valence-corrected chi connectivity index (χ3v) is 4.83. The molecule has 0 bridgehead atoms. The van der Waals surface area contributed by atoms with Crippen molar-refractivity contribution in [1.82, 2.24) is 9.71 Å². The molecule has 1 aromatic heterocycles. The molecule has 0 radical (unpaired) electrons. The SMILES string of the molecule is Nc1ccc2[nH]cc(S(=O)(=O)NC(CO)(CO)CO)c2c1. The quantitative estimate of drug-likeness (QED) is 0.367. The third kappa shape index (κ3) is 2.87. The standard InChI is InChI=1S/C12H17N3O5S/c13-8-1-2-10-9(3-8)11(4-14-10)21(19,20)15-12(5-16,6-17)7-18/h1-4,14-18H,5-7,13H2. The summed E-state index contributed by atoms with van der Waals surface area (Å²) >= 11 is 0. The number of nitrogen functional groups attached to an aromatic ring is 1. The van der Waals surface area contributed by atoms with Gasteiger partial charge in [-0.2, -0.15) is 4.72 Å². The molecule has 21 heavy (non-hydrogen) atoms. The average Bonchev–Trinajstić information content (AvgIpc) is 2.88. The van der Waals surface area contributed by atoms with Crippen molar-refractivity contribution >= 4 is 26.6 Å². The van der Waals surface area contributed by atoms with Crippen molar-refractivity contribution in [2.75, 3.05) is 25.6 Å². The molecule has 2 aromatic rings. The molecule has 9 heteroatoms. The van der Waals surface area contributed by atoms with E-state index in [1.165, 1.54) is 12.3 Å². The van der Waals surface area contributed by atoms with Crippen LogP contribution in [-0.2, 0) is 10.0 Å². The Kier molecular flexibility index (Phi) is 4.21. The van der Waals surface area contributed by atoms with Crippen LogP contribution in [0.4, 0.5) is 5.69 Å². The minimum atomic E-state index is -4.07. The summed E-state index contributed by atoms with van der Waals surface area (Å²) in [6.45, 7) is -2.24. The maximum Gasteiger partial charge on any atom is 0.243 e. The van der Waals surface area contributed by atoms with E-state index >= 15 is 0 Å². The first kappa shape index (κ1) is 15.7. The first-order valence-electron chi connectivity index (χ1n) is 6.10. The monoisotopic (exact) mass is 315 g/mol. The van der Waals surface area contributed by atoms with Gasteiger partial charge >= 0.3 is 0 Å². The van der Waals surface area contributed by atoms with Crippen molar-refractivity contribution in [3.8, 4) is 0 Å². The lowest BCUT2D eigenvalue weighted by Crippen LogP contribution is -2.56. The minimum absolute atomic E-state index is 0.0791.